The number of aliphatic hydroxyl groups is 1. The maximum Gasteiger partial charge on any atom is 0.335 e. The molecule has 3 aromatic rings. The second kappa shape index (κ2) is 12.9. The van der Waals surface area contributed by atoms with Crippen molar-refractivity contribution in [3.63, 3.8) is 0 Å². The molecule has 0 aliphatic rings. The minimum atomic E-state index is -1.38. The van der Waals surface area contributed by atoms with Crippen molar-refractivity contribution in [1.82, 2.24) is 15.1 Å². The predicted molar refractivity (Wildman–Crippen MR) is 138 cm³/mol. The number of aryl methyl sites for hydroxylation is 1. The van der Waals surface area contributed by atoms with Gasteiger partial charge in [-0.2, -0.15) is 5.10 Å². The number of nitrogens with zero attached hydrogens (tertiary/aromatic N) is 2. The summed E-state index contributed by atoms with van der Waals surface area (Å²) in [6.07, 6.45) is 0.575. The minimum Gasteiger partial charge on any atom is -0.474 e. The maximum absolute atomic E-state index is 13.0. The van der Waals surface area contributed by atoms with Gasteiger partial charge >= 0.3 is 5.97 Å². The van der Waals surface area contributed by atoms with Gasteiger partial charge in [-0.15, -0.1) is 0 Å². The van der Waals surface area contributed by atoms with Crippen LogP contribution in [0, 0.1) is 0 Å². The average Bonchev–Trinajstić information content (AvgIpc) is 3.23. The number of hydrogen-bond donors (Lipinski definition) is 2. The van der Waals surface area contributed by atoms with E-state index in [1.165, 1.54) is 10.7 Å². The third kappa shape index (κ3) is 7.44. The first-order valence-electron chi connectivity index (χ1n) is 11.6. The molecule has 9 heteroatoms. The average molecular weight is 512 g/mol. The van der Waals surface area contributed by atoms with E-state index in [0.29, 0.717) is 17.3 Å². The van der Waals surface area contributed by atoms with Gasteiger partial charge in [-0.05, 0) is 42.2 Å². The van der Waals surface area contributed by atoms with Crippen molar-refractivity contribution in [1.29, 1.82) is 0 Å². The quantitative estimate of drug-likeness (QED) is 0.282. The first kappa shape index (κ1) is 27.0. The Kier molecular flexibility index (Phi) is 9.67. The first-order valence-corrected chi connectivity index (χ1v) is 12.0. The van der Waals surface area contributed by atoms with Crippen molar-refractivity contribution in [2.75, 3.05) is 13.2 Å². The Hall–Kier alpha value is -3.62. The zero-order valence-electron chi connectivity index (χ0n) is 20.3. The molecule has 1 unspecified atom stereocenters. The summed E-state index contributed by atoms with van der Waals surface area (Å²) in [5, 5.41) is 18.1. The van der Waals surface area contributed by atoms with Gasteiger partial charge in [0.1, 0.15) is 6.61 Å². The smallest absolute Gasteiger partial charge is 0.335 e. The van der Waals surface area contributed by atoms with Crippen LogP contribution in [0.3, 0.4) is 0 Å². The summed E-state index contributed by atoms with van der Waals surface area (Å²) in [5.41, 5.74) is 3.05. The highest BCUT2D eigenvalue weighted by atomic mass is 35.5. The lowest BCUT2D eigenvalue weighted by Gasteiger charge is -2.21. The summed E-state index contributed by atoms with van der Waals surface area (Å²) in [5.74, 6) is -0.763. The van der Waals surface area contributed by atoms with E-state index < -0.39 is 24.0 Å². The van der Waals surface area contributed by atoms with Crippen LogP contribution in [0.2, 0.25) is 5.02 Å². The standard InChI is InChI=1S/C27H30ClN3O5/c1-4-13-36-25-17-23(30-31(25)3)26(33)29-22(16-24(32)27(34)35-5-2)14-18-9-11-19(12-10-18)20-7-6-8-21(28)15-20/h4,6-12,15,17,22,24,32H,1,5,13-14,16H2,2-3H3,(H,29,33)/t22-,24?/m1/s1. The molecular weight excluding hydrogens is 482 g/mol. The number of amides is 1. The van der Waals surface area contributed by atoms with Crippen LogP contribution in [0.1, 0.15) is 29.4 Å². The van der Waals surface area contributed by atoms with Crippen LogP contribution in [0.15, 0.2) is 67.3 Å². The number of hydrogen-bond acceptors (Lipinski definition) is 6. The molecular formula is C27H30ClN3O5. The largest absolute Gasteiger partial charge is 0.474 e. The van der Waals surface area contributed by atoms with Crippen molar-refractivity contribution in [2.45, 2.75) is 31.9 Å². The second-order valence-corrected chi connectivity index (χ2v) is 8.61. The van der Waals surface area contributed by atoms with Crippen molar-refractivity contribution >= 4 is 23.5 Å². The van der Waals surface area contributed by atoms with Crippen molar-refractivity contribution < 1.29 is 24.2 Å². The fraction of sp³-hybridized carbons (Fsp3) is 0.296. The maximum atomic E-state index is 13.0. The molecule has 0 bridgehead atoms. The molecule has 190 valence electrons. The number of rotatable bonds is 12. The molecule has 0 fully saturated rings. The third-order valence-electron chi connectivity index (χ3n) is 5.41. The molecule has 2 aromatic carbocycles. The highest BCUT2D eigenvalue weighted by Crippen LogP contribution is 2.23. The second-order valence-electron chi connectivity index (χ2n) is 8.18. The lowest BCUT2D eigenvalue weighted by Crippen LogP contribution is -2.41. The molecule has 0 aliphatic carbocycles. The van der Waals surface area contributed by atoms with Crippen molar-refractivity contribution in [3.8, 4) is 17.0 Å². The van der Waals surface area contributed by atoms with E-state index in [4.69, 9.17) is 21.1 Å². The molecule has 8 nitrogen and oxygen atoms in total. The number of carbonyl (C=O) groups excluding carboxylic acids is 2. The van der Waals surface area contributed by atoms with Gasteiger partial charge in [-0.3, -0.25) is 4.79 Å². The van der Waals surface area contributed by atoms with Crippen molar-refractivity contribution in [2.24, 2.45) is 7.05 Å². The molecule has 36 heavy (non-hydrogen) atoms. The van der Waals surface area contributed by atoms with E-state index in [2.05, 4.69) is 17.0 Å². The Morgan fingerprint density at radius 3 is 2.61 bits per heavy atom. The Labute approximate surface area is 215 Å². The monoisotopic (exact) mass is 511 g/mol. The van der Waals surface area contributed by atoms with E-state index in [0.717, 1.165) is 16.7 Å². The van der Waals surface area contributed by atoms with Crippen LogP contribution >= 0.6 is 11.6 Å². The van der Waals surface area contributed by atoms with Gasteiger partial charge in [0.2, 0.25) is 5.88 Å². The van der Waals surface area contributed by atoms with Gasteiger partial charge in [0.05, 0.1) is 6.61 Å². The minimum absolute atomic E-state index is 0.0206. The summed E-state index contributed by atoms with van der Waals surface area (Å²) < 4.78 is 11.9. The number of nitrogens with one attached hydrogen (secondary N) is 1. The van der Waals surface area contributed by atoms with Crippen LogP contribution in [0.5, 0.6) is 5.88 Å². The highest BCUT2D eigenvalue weighted by molar-refractivity contribution is 6.30. The first-order chi connectivity index (χ1) is 17.3. The Balaban J connectivity index is 1.76. The van der Waals surface area contributed by atoms with Gasteiger partial charge in [-0.25, -0.2) is 9.48 Å². The number of halogens is 1. The van der Waals surface area contributed by atoms with Gasteiger partial charge in [0, 0.05) is 30.6 Å². The van der Waals surface area contributed by atoms with Gasteiger partial charge in [0.25, 0.3) is 5.91 Å². The topological polar surface area (TPSA) is 103 Å². The summed E-state index contributed by atoms with van der Waals surface area (Å²) in [7, 11) is 1.67. The van der Waals surface area contributed by atoms with Crippen LogP contribution in [0.25, 0.3) is 11.1 Å². The molecule has 1 heterocycles. The summed E-state index contributed by atoms with van der Waals surface area (Å²) in [6, 6.07) is 16.3. The van der Waals surface area contributed by atoms with Gasteiger partial charge in [0.15, 0.2) is 11.8 Å². The molecule has 0 aliphatic heterocycles. The van der Waals surface area contributed by atoms with E-state index >= 15 is 0 Å². The normalized spacial score (nSPS) is 12.4. The molecule has 3 rings (SSSR count). The number of aromatic nitrogens is 2. The molecule has 2 atom stereocenters. The fourth-order valence-corrected chi connectivity index (χ4v) is 3.87. The predicted octanol–water partition coefficient (Wildman–Crippen LogP) is 3.96. The summed E-state index contributed by atoms with van der Waals surface area (Å²) >= 11 is 6.11. The molecule has 1 amide bonds. The van der Waals surface area contributed by atoms with Crippen LogP contribution in [-0.2, 0) is 23.0 Å². The molecule has 1 aromatic heterocycles. The Morgan fingerprint density at radius 1 is 1.19 bits per heavy atom. The van der Waals surface area contributed by atoms with Crippen LogP contribution in [0.4, 0.5) is 0 Å². The Bertz CT molecular complexity index is 1190. The SMILES string of the molecule is C=CCOc1cc(C(=O)N[C@H](Cc2ccc(-c3cccc(Cl)c3)cc2)CC(O)C(=O)OCC)nn1C. The zero-order chi connectivity index (χ0) is 26.1. The van der Waals surface area contributed by atoms with Crippen LogP contribution in [-0.4, -0.2) is 52.1 Å². The van der Waals surface area contributed by atoms with Crippen LogP contribution < -0.4 is 10.1 Å². The zero-order valence-corrected chi connectivity index (χ0v) is 21.1. The lowest BCUT2D eigenvalue weighted by atomic mass is 9.97. The molecule has 2 N–H and O–H groups in total. The third-order valence-corrected chi connectivity index (χ3v) is 5.65. The molecule has 0 radical (unpaired) electrons. The van der Waals surface area contributed by atoms with Crippen molar-refractivity contribution in [3.05, 3.63) is 83.5 Å². The summed E-state index contributed by atoms with van der Waals surface area (Å²) in [4.78, 5) is 25.0. The number of esters is 1. The lowest BCUT2D eigenvalue weighted by molar-refractivity contribution is -0.153. The van der Waals surface area contributed by atoms with E-state index in [1.807, 2.05) is 48.5 Å². The number of aliphatic hydroxyl groups excluding tert-OH is 1. The number of ether oxygens (including phenoxy) is 2. The highest BCUT2D eigenvalue weighted by Gasteiger charge is 2.25. The summed E-state index contributed by atoms with van der Waals surface area (Å²) in [6.45, 7) is 5.70. The van der Waals surface area contributed by atoms with Gasteiger partial charge < -0.3 is 19.9 Å². The molecule has 0 saturated carbocycles. The Morgan fingerprint density at radius 2 is 1.94 bits per heavy atom. The number of carbonyl (C=O) groups is 2. The van der Waals surface area contributed by atoms with E-state index in [9.17, 15) is 14.7 Å². The van der Waals surface area contributed by atoms with Gasteiger partial charge in [-0.1, -0.05) is 60.7 Å². The molecule has 0 saturated heterocycles. The number of benzene rings is 2. The van der Waals surface area contributed by atoms with E-state index in [1.54, 1.807) is 20.0 Å². The fourth-order valence-electron chi connectivity index (χ4n) is 3.68. The molecule has 0 spiro atoms. The van der Waals surface area contributed by atoms with E-state index in [-0.39, 0.29) is 25.3 Å².